The lowest BCUT2D eigenvalue weighted by Gasteiger charge is -2.10. The van der Waals surface area contributed by atoms with Crippen molar-refractivity contribution in [2.45, 2.75) is 13.0 Å². The van der Waals surface area contributed by atoms with Gasteiger partial charge >= 0.3 is 6.03 Å². The zero-order valence-electron chi connectivity index (χ0n) is 12.4. The molecule has 0 fully saturated rings. The van der Waals surface area contributed by atoms with E-state index >= 15 is 0 Å². The molecule has 0 saturated heterocycles. The Labute approximate surface area is 139 Å². The van der Waals surface area contributed by atoms with Crippen LogP contribution >= 0.6 is 15.9 Å². The van der Waals surface area contributed by atoms with Crippen LogP contribution in [0.15, 0.2) is 53.0 Å². The minimum atomic E-state index is -0.171. The minimum Gasteiger partial charge on any atom is -0.496 e. The van der Waals surface area contributed by atoms with E-state index in [1.807, 2.05) is 48.5 Å². The molecule has 0 unspecified atom stereocenters. The number of halogens is 1. The topological polar surface area (TPSA) is 50.4 Å². The summed E-state index contributed by atoms with van der Waals surface area (Å²) in [7, 11) is 1.65. The number of ether oxygens (including phenoxy) is 1. The number of hydrogen-bond donors (Lipinski definition) is 2. The van der Waals surface area contributed by atoms with E-state index < -0.39 is 0 Å². The molecule has 2 N–H and O–H groups in total. The lowest BCUT2D eigenvalue weighted by Crippen LogP contribution is -2.36. The van der Waals surface area contributed by atoms with E-state index in [4.69, 9.17) is 4.74 Å². The summed E-state index contributed by atoms with van der Waals surface area (Å²) < 4.78 is 6.29. The zero-order chi connectivity index (χ0) is 15.8. The molecular formula is C17H19BrN2O2. The number of rotatable bonds is 6. The number of methoxy groups -OCH3 is 1. The van der Waals surface area contributed by atoms with Gasteiger partial charge in [0.1, 0.15) is 5.75 Å². The smallest absolute Gasteiger partial charge is 0.315 e. The molecule has 5 heteroatoms. The highest BCUT2D eigenvalue weighted by atomic mass is 79.9. The summed E-state index contributed by atoms with van der Waals surface area (Å²) in [5.74, 6) is 0.846. The molecule has 2 aromatic carbocycles. The molecule has 0 atom stereocenters. The fraction of sp³-hybridized carbons (Fsp3) is 0.235. The van der Waals surface area contributed by atoms with Crippen molar-refractivity contribution in [3.05, 3.63) is 64.1 Å². The Balaban J connectivity index is 1.74. The second-order valence-electron chi connectivity index (χ2n) is 4.80. The molecule has 0 aliphatic carbocycles. The van der Waals surface area contributed by atoms with Gasteiger partial charge in [-0.1, -0.05) is 46.3 Å². The third-order valence-corrected chi connectivity index (χ3v) is 3.71. The molecule has 2 aromatic rings. The molecule has 0 radical (unpaired) electrons. The zero-order valence-corrected chi connectivity index (χ0v) is 14.0. The Kier molecular flexibility index (Phi) is 6.27. The van der Waals surface area contributed by atoms with Gasteiger partial charge in [0, 0.05) is 17.6 Å². The van der Waals surface area contributed by atoms with Gasteiger partial charge in [0.15, 0.2) is 0 Å². The first-order chi connectivity index (χ1) is 10.7. The van der Waals surface area contributed by atoms with E-state index in [2.05, 4.69) is 26.6 Å². The van der Waals surface area contributed by atoms with E-state index in [0.29, 0.717) is 13.1 Å². The van der Waals surface area contributed by atoms with Gasteiger partial charge in [-0.2, -0.15) is 0 Å². The lowest BCUT2D eigenvalue weighted by molar-refractivity contribution is 0.240. The maximum Gasteiger partial charge on any atom is 0.315 e. The van der Waals surface area contributed by atoms with Crippen LogP contribution in [-0.2, 0) is 13.0 Å². The van der Waals surface area contributed by atoms with Crippen molar-refractivity contribution in [1.29, 1.82) is 0 Å². The number of urea groups is 1. The average molecular weight is 363 g/mol. The number of hydrogen-bond acceptors (Lipinski definition) is 2. The Bertz CT molecular complexity index is 632. The molecule has 4 nitrogen and oxygen atoms in total. The molecule has 22 heavy (non-hydrogen) atoms. The summed E-state index contributed by atoms with van der Waals surface area (Å²) in [6.45, 7) is 1.06. The van der Waals surface area contributed by atoms with E-state index in [9.17, 15) is 4.79 Å². The Morgan fingerprint density at radius 3 is 2.73 bits per heavy atom. The first kappa shape index (κ1) is 16.4. The standard InChI is InChI=1S/C17H19BrN2O2/c1-22-16-8-3-2-6-14(16)9-10-19-17(21)20-12-13-5-4-7-15(18)11-13/h2-8,11H,9-10,12H2,1H3,(H2,19,20,21). The van der Waals surface area contributed by atoms with Crippen LogP contribution < -0.4 is 15.4 Å². The molecular weight excluding hydrogens is 344 g/mol. The van der Waals surface area contributed by atoms with Crippen LogP contribution in [0.4, 0.5) is 4.79 Å². The summed E-state index contributed by atoms with van der Waals surface area (Å²) in [5, 5.41) is 5.69. The molecule has 0 heterocycles. The normalized spacial score (nSPS) is 10.1. The van der Waals surface area contributed by atoms with Crippen molar-refractivity contribution in [2.24, 2.45) is 0 Å². The summed E-state index contributed by atoms with van der Waals surface area (Å²) in [6.07, 6.45) is 0.730. The molecule has 0 bridgehead atoms. The van der Waals surface area contributed by atoms with Crippen molar-refractivity contribution in [2.75, 3.05) is 13.7 Å². The van der Waals surface area contributed by atoms with Crippen molar-refractivity contribution < 1.29 is 9.53 Å². The molecule has 0 aliphatic heterocycles. The van der Waals surface area contributed by atoms with E-state index in [1.165, 1.54) is 0 Å². The van der Waals surface area contributed by atoms with Crippen molar-refractivity contribution in [1.82, 2.24) is 10.6 Å². The number of para-hydroxylation sites is 1. The minimum absolute atomic E-state index is 0.171. The van der Waals surface area contributed by atoms with Crippen LogP contribution in [0.3, 0.4) is 0 Å². The molecule has 0 aliphatic rings. The Morgan fingerprint density at radius 2 is 1.95 bits per heavy atom. The van der Waals surface area contributed by atoms with Gasteiger partial charge in [0.2, 0.25) is 0 Å². The summed E-state index contributed by atoms with van der Waals surface area (Å²) in [5.41, 5.74) is 2.13. The van der Waals surface area contributed by atoms with Crippen LogP contribution in [0.5, 0.6) is 5.75 Å². The Hall–Kier alpha value is -2.01. The van der Waals surface area contributed by atoms with Gasteiger partial charge in [-0.15, -0.1) is 0 Å². The predicted octanol–water partition coefficient (Wildman–Crippen LogP) is 3.50. The monoisotopic (exact) mass is 362 g/mol. The number of carbonyl (C=O) groups excluding carboxylic acids is 1. The van der Waals surface area contributed by atoms with Crippen LogP contribution in [0.25, 0.3) is 0 Å². The number of nitrogens with one attached hydrogen (secondary N) is 2. The van der Waals surface area contributed by atoms with Crippen molar-refractivity contribution >= 4 is 22.0 Å². The first-order valence-electron chi connectivity index (χ1n) is 7.07. The van der Waals surface area contributed by atoms with Gasteiger partial charge in [0.05, 0.1) is 7.11 Å². The van der Waals surface area contributed by atoms with E-state index in [0.717, 1.165) is 27.8 Å². The molecule has 2 amide bonds. The highest BCUT2D eigenvalue weighted by molar-refractivity contribution is 9.10. The molecule has 0 spiro atoms. The van der Waals surface area contributed by atoms with Crippen LogP contribution in [-0.4, -0.2) is 19.7 Å². The van der Waals surface area contributed by atoms with E-state index in [1.54, 1.807) is 7.11 Å². The summed E-state index contributed by atoms with van der Waals surface area (Å²) in [4.78, 5) is 11.8. The van der Waals surface area contributed by atoms with E-state index in [-0.39, 0.29) is 6.03 Å². The lowest BCUT2D eigenvalue weighted by atomic mass is 10.1. The maximum absolute atomic E-state index is 11.8. The highest BCUT2D eigenvalue weighted by Gasteiger charge is 2.04. The second kappa shape index (κ2) is 8.44. The highest BCUT2D eigenvalue weighted by Crippen LogP contribution is 2.17. The summed E-state index contributed by atoms with van der Waals surface area (Å²) >= 11 is 3.41. The third kappa shape index (κ3) is 5.07. The van der Waals surface area contributed by atoms with Crippen LogP contribution in [0.2, 0.25) is 0 Å². The SMILES string of the molecule is COc1ccccc1CCNC(=O)NCc1cccc(Br)c1. The van der Waals surface area contributed by atoms with Crippen LogP contribution in [0, 0.1) is 0 Å². The second-order valence-corrected chi connectivity index (χ2v) is 5.72. The Morgan fingerprint density at radius 1 is 1.14 bits per heavy atom. The molecule has 0 saturated carbocycles. The summed E-state index contributed by atoms with van der Waals surface area (Å²) in [6, 6.07) is 15.5. The van der Waals surface area contributed by atoms with Gasteiger partial charge in [-0.3, -0.25) is 0 Å². The number of benzene rings is 2. The molecule has 0 aromatic heterocycles. The largest absolute Gasteiger partial charge is 0.496 e. The maximum atomic E-state index is 11.8. The average Bonchev–Trinajstić information content (AvgIpc) is 2.53. The predicted molar refractivity (Wildman–Crippen MR) is 91.1 cm³/mol. The molecule has 2 rings (SSSR count). The van der Waals surface area contributed by atoms with Gasteiger partial charge < -0.3 is 15.4 Å². The fourth-order valence-electron chi connectivity index (χ4n) is 2.11. The third-order valence-electron chi connectivity index (χ3n) is 3.21. The quantitative estimate of drug-likeness (QED) is 0.826. The van der Waals surface area contributed by atoms with Gasteiger partial charge in [-0.25, -0.2) is 4.79 Å². The van der Waals surface area contributed by atoms with Crippen molar-refractivity contribution in [3.8, 4) is 5.75 Å². The van der Waals surface area contributed by atoms with Gasteiger partial charge in [-0.05, 0) is 35.7 Å². The van der Waals surface area contributed by atoms with Gasteiger partial charge in [0.25, 0.3) is 0 Å². The molecule has 116 valence electrons. The fourth-order valence-corrected chi connectivity index (χ4v) is 2.56. The number of carbonyl (C=O) groups is 1. The number of amides is 2. The first-order valence-corrected chi connectivity index (χ1v) is 7.86. The van der Waals surface area contributed by atoms with Crippen molar-refractivity contribution in [3.63, 3.8) is 0 Å². The van der Waals surface area contributed by atoms with Crippen LogP contribution in [0.1, 0.15) is 11.1 Å².